The molecule has 9 nitrogen and oxygen atoms in total. The molecule has 0 fully saturated rings. The van der Waals surface area contributed by atoms with Gasteiger partial charge in [-0.1, -0.05) is 24.3 Å². The van der Waals surface area contributed by atoms with Gasteiger partial charge in [0.15, 0.2) is 0 Å². The quantitative estimate of drug-likeness (QED) is 0.288. The maximum Gasteiger partial charge on any atom is 0.490 e. The number of halogens is 3. The zero-order valence-corrected chi connectivity index (χ0v) is 18.3. The standard InChI is InChI=1S/C21H19N5O2.C2HF3O2/c1-26(24-12-14-2-4-15(13-27)5-3-14)20-10-16(6-8-22-20)19-11-17-18(25-19)7-9-23-21(17)28;3-2(4,5)1(6)7/h2-6,8,10-13,25H,7,9H2,1H3,(H,23,28);(H,6,7). The Morgan fingerprint density at radius 1 is 1.17 bits per heavy atom. The Morgan fingerprint density at radius 3 is 2.43 bits per heavy atom. The highest BCUT2D eigenvalue weighted by Crippen LogP contribution is 2.26. The number of aromatic nitrogens is 2. The first-order chi connectivity index (χ1) is 16.6. The Labute approximate surface area is 197 Å². The summed E-state index contributed by atoms with van der Waals surface area (Å²) in [5.41, 5.74) is 4.99. The Hall–Kier alpha value is -4.48. The summed E-state index contributed by atoms with van der Waals surface area (Å²) in [7, 11) is 1.82. The summed E-state index contributed by atoms with van der Waals surface area (Å²) in [4.78, 5) is 39.3. The number of nitrogens with zero attached hydrogens (tertiary/aromatic N) is 3. The second-order valence-electron chi connectivity index (χ2n) is 7.34. The van der Waals surface area contributed by atoms with Crippen molar-refractivity contribution in [3.63, 3.8) is 0 Å². The summed E-state index contributed by atoms with van der Waals surface area (Å²) in [6, 6.07) is 12.9. The fraction of sp³-hybridized carbons (Fsp3) is 0.174. The number of anilines is 1. The zero-order valence-electron chi connectivity index (χ0n) is 18.3. The van der Waals surface area contributed by atoms with Gasteiger partial charge in [-0.25, -0.2) is 9.78 Å². The first-order valence-electron chi connectivity index (χ1n) is 10.2. The molecule has 3 aromatic rings. The van der Waals surface area contributed by atoms with Crippen LogP contribution in [0.1, 0.15) is 32.0 Å². The molecule has 0 saturated carbocycles. The molecule has 4 rings (SSSR count). The zero-order chi connectivity index (χ0) is 25.6. The molecule has 0 saturated heterocycles. The minimum atomic E-state index is -5.08. The average Bonchev–Trinajstić information content (AvgIpc) is 3.29. The van der Waals surface area contributed by atoms with Crippen molar-refractivity contribution in [1.82, 2.24) is 15.3 Å². The molecule has 1 aliphatic rings. The van der Waals surface area contributed by atoms with E-state index in [1.54, 1.807) is 29.6 Å². The van der Waals surface area contributed by atoms with E-state index in [-0.39, 0.29) is 5.91 Å². The smallest absolute Gasteiger partial charge is 0.475 e. The van der Waals surface area contributed by atoms with Gasteiger partial charge in [0.25, 0.3) is 5.91 Å². The topological polar surface area (TPSA) is 128 Å². The lowest BCUT2D eigenvalue weighted by atomic mass is 10.1. The van der Waals surface area contributed by atoms with Gasteiger partial charge < -0.3 is 15.4 Å². The average molecular weight is 487 g/mol. The number of carbonyl (C=O) groups excluding carboxylic acids is 2. The molecule has 0 radical (unpaired) electrons. The number of benzene rings is 1. The number of carboxylic acids is 1. The van der Waals surface area contributed by atoms with Crippen LogP contribution in [0.5, 0.6) is 0 Å². The van der Waals surface area contributed by atoms with Crippen LogP contribution in [0.4, 0.5) is 19.0 Å². The maximum atomic E-state index is 12.0. The molecule has 0 bridgehead atoms. The van der Waals surface area contributed by atoms with E-state index in [0.717, 1.165) is 35.2 Å². The summed E-state index contributed by atoms with van der Waals surface area (Å²) < 4.78 is 31.7. The molecular weight excluding hydrogens is 467 g/mol. The summed E-state index contributed by atoms with van der Waals surface area (Å²) in [6.45, 7) is 0.651. The third-order valence-electron chi connectivity index (χ3n) is 4.89. The molecule has 3 N–H and O–H groups in total. The number of fused-ring (bicyclic) bond motifs is 1. The van der Waals surface area contributed by atoms with Crippen LogP contribution in [-0.2, 0) is 11.2 Å². The van der Waals surface area contributed by atoms with Gasteiger partial charge in [-0.15, -0.1) is 0 Å². The number of aliphatic carboxylic acids is 1. The number of carbonyl (C=O) groups is 3. The number of alkyl halides is 3. The summed E-state index contributed by atoms with van der Waals surface area (Å²) >= 11 is 0. The van der Waals surface area contributed by atoms with E-state index in [4.69, 9.17) is 9.90 Å². The Bertz CT molecular complexity index is 1250. The Balaban J connectivity index is 0.000000429. The second-order valence-corrected chi connectivity index (χ2v) is 7.34. The van der Waals surface area contributed by atoms with E-state index >= 15 is 0 Å². The van der Waals surface area contributed by atoms with Crippen LogP contribution in [0.2, 0.25) is 0 Å². The van der Waals surface area contributed by atoms with Gasteiger partial charge in [0, 0.05) is 48.7 Å². The number of pyridine rings is 1. The first kappa shape index (κ1) is 25.1. The van der Waals surface area contributed by atoms with Crippen LogP contribution >= 0.6 is 0 Å². The van der Waals surface area contributed by atoms with Gasteiger partial charge in [0.1, 0.15) is 12.1 Å². The van der Waals surface area contributed by atoms with Gasteiger partial charge in [-0.05, 0) is 23.8 Å². The Kier molecular flexibility index (Phi) is 7.64. The predicted octanol–water partition coefficient (Wildman–Crippen LogP) is 3.28. The van der Waals surface area contributed by atoms with Gasteiger partial charge in [-0.3, -0.25) is 14.6 Å². The van der Waals surface area contributed by atoms with Crippen LogP contribution < -0.4 is 10.3 Å². The van der Waals surface area contributed by atoms with Gasteiger partial charge in [0.05, 0.1) is 11.8 Å². The molecule has 2 aromatic heterocycles. The second kappa shape index (κ2) is 10.6. The SMILES string of the molecule is CN(N=Cc1ccc(C=O)cc1)c1cc(-c2cc3c([nH]2)CCNC3=O)ccn1.O=C(O)C(F)(F)F. The maximum absolute atomic E-state index is 12.0. The molecule has 1 aromatic carbocycles. The number of aromatic amines is 1. The monoisotopic (exact) mass is 487 g/mol. The van der Waals surface area contributed by atoms with Crippen molar-refractivity contribution >= 4 is 30.2 Å². The van der Waals surface area contributed by atoms with Crippen LogP contribution in [0, 0.1) is 0 Å². The summed E-state index contributed by atoms with van der Waals surface area (Å²) in [6.07, 6.45) is -0.0489. The van der Waals surface area contributed by atoms with E-state index in [9.17, 15) is 22.8 Å². The molecule has 0 aliphatic carbocycles. The molecule has 0 atom stereocenters. The highest BCUT2D eigenvalue weighted by Gasteiger charge is 2.38. The molecule has 182 valence electrons. The van der Waals surface area contributed by atoms with Crippen molar-refractivity contribution in [2.24, 2.45) is 5.10 Å². The number of carboxylic acid groups (broad SMARTS) is 1. The van der Waals surface area contributed by atoms with Crippen LogP contribution in [0.15, 0.2) is 53.8 Å². The molecule has 0 spiro atoms. The fourth-order valence-corrected chi connectivity index (χ4v) is 3.08. The first-order valence-corrected chi connectivity index (χ1v) is 10.2. The van der Waals surface area contributed by atoms with Crippen LogP contribution in [-0.4, -0.2) is 59.2 Å². The number of H-pyrrole nitrogens is 1. The highest BCUT2D eigenvalue weighted by molar-refractivity contribution is 5.97. The molecule has 12 heteroatoms. The van der Waals surface area contributed by atoms with Gasteiger partial charge in [0.2, 0.25) is 0 Å². The van der Waals surface area contributed by atoms with Crippen molar-refractivity contribution in [1.29, 1.82) is 0 Å². The number of rotatable bonds is 5. The fourth-order valence-electron chi connectivity index (χ4n) is 3.08. The van der Waals surface area contributed by atoms with E-state index < -0.39 is 12.1 Å². The van der Waals surface area contributed by atoms with Crippen molar-refractivity contribution in [2.45, 2.75) is 12.6 Å². The number of nitrogens with one attached hydrogen (secondary N) is 2. The third-order valence-corrected chi connectivity index (χ3v) is 4.89. The summed E-state index contributed by atoms with van der Waals surface area (Å²) in [5, 5.41) is 16.1. The number of amides is 1. The van der Waals surface area contributed by atoms with E-state index in [1.165, 1.54) is 0 Å². The van der Waals surface area contributed by atoms with Crippen molar-refractivity contribution in [2.75, 3.05) is 18.6 Å². The number of hydrazone groups is 1. The lowest BCUT2D eigenvalue weighted by Crippen LogP contribution is -2.31. The van der Waals surface area contributed by atoms with E-state index in [1.807, 2.05) is 37.4 Å². The normalized spacial score (nSPS) is 12.9. The molecule has 35 heavy (non-hydrogen) atoms. The third kappa shape index (κ3) is 6.53. The highest BCUT2D eigenvalue weighted by atomic mass is 19.4. The number of hydrogen-bond acceptors (Lipinski definition) is 6. The van der Waals surface area contributed by atoms with Crippen LogP contribution in [0.3, 0.4) is 0 Å². The number of hydrogen-bond donors (Lipinski definition) is 3. The van der Waals surface area contributed by atoms with Crippen molar-refractivity contribution < 1.29 is 32.7 Å². The molecule has 1 aliphatic heterocycles. The van der Waals surface area contributed by atoms with Crippen LogP contribution in [0.25, 0.3) is 11.3 Å². The van der Waals surface area contributed by atoms with E-state index in [2.05, 4.69) is 20.4 Å². The lowest BCUT2D eigenvalue weighted by molar-refractivity contribution is -0.192. The molecular formula is C23H20F3N5O4. The largest absolute Gasteiger partial charge is 0.490 e. The summed E-state index contributed by atoms with van der Waals surface area (Å²) in [5.74, 6) is -2.12. The van der Waals surface area contributed by atoms with Crippen molar-refractivity contribution in [3.8, 4) is 11.3 Å². The van der Waals surface area contributed by atoms with E-state index in [0.29, 0.717) is 23.5 Å². The predicted molar refractivity (Wildman–Crippen MR) is 122 cm³/mol. The molecule has 3 heterocycles. The minimum Gasteiger partial charge on any atom is -0.475 e. The number of aldehydes is 1. The van der Waals surface area contributed by atoms with Gasteiger partial charge in [-0.2, -0.15) is 18.3 Å². The molecule has 1 amide bonds. The van der Waals surface area contributed by atoms with Gasteiger partial charge >= 0.3 is 12.1 Å². The minimum absolute atomic E-state index is 0.0413. The van der Waals surface area contributed by atoms with Crippen molar-refractivity contribution in [3.05, 3.63) is 71.0 Å². The lowest BCUT2D eigenvalue weighted by Gasteiger charge is -2.12. The Morgan fingerprint density at radius 2 is 1.83 bits per heavy atom. The molecule has 0 unspecified atom stereocenters.